The molecule has 1 N–H and O–H groups in total. The highest BCUT2D eigenvalue weighted by molar-refractivity contribution is 7.71. The van der Waals surface area contributed by atoms with Crippen molar-refractivity contribution in [1.82, 2.24) is 19.7 Å². The van der Waals surface area contributed by atoms with E-state index in [1.54, 1.807) is 21.6 Å². The minimum atomic E-state index is -0.310. The first kappa shape index (κ1) is 19.0. The molecule has 0 aliphatic carbocycles. The molecule has 0 fully saturated rings. The highest BCUT2D eigenvalue weighted by Gasteiger charge is 2.17. The number of carbonyl (C=O) groups excluding carboxylic acids is 1. The fourth-order valence-corrected chi connectivity index (χ4v) is 3.05. The number of H-pyrrole nitrogens is 1. The van der Waals surface area contributed by atoms with Gasteiger partial charge in [0, 0.05) is 18.7 Å². The van der Waals surface area contributed by atoms with Crippen LogP contribution in [0.15, 0.2) is 48.5 Å². The standard InChI is InChI=1S/C20H21FN4OS/c1-3-24(12-15-5-4-6-17(21)11-15)18(26)13-25-19(22-23-20(25)27)16-9-7-14(2)8-10-16/h4-11H,3,12-13H2,1-2H3,(H,23,27). The van der Waals surface area contributed by atoms with Crippen LogP contribution >= 0.6 is 12.2 Å². The molecule has 0 atom stereocenters. The van der Waals surface area contributed by atoms with Crippen molar-refractivity contribution < 1.29 is 9.18 Å². The molecular weight excluding hydrogens is 363 g/mol. The van der Waals surface area contributed by atoms with E-state index in [-0.39, 0.29) is 18.3 Å². The smallest absolute Gasteiger partial charge is 0.242 e. The van der Waals surface area contributed by atoms with Crippen molar-refractivity contribution in [2.75, 3.05) is 6.54 Å². The first-order chi connectivity index (χ1) is 13.0. The lowest BCUT2D eigenvalue weighted by Crippen LogP contribution is -2.33. The predicted octanol–water partition coefficient (Wildman–Crippen LogP) is 4.10. The lowest BCUT2D eigenvalue weighted by Gasteiger charge is -2.21. The minimum absolute atomic E-state index is 0.0711. The predicted molar refractivity (Wildman–Crippen MR) is 105 cm³/mol. The number of rotatable bonds is 6. The topological polar surface area (TPSA) is 53.9 Å². The number of amides is 1. The number of aromatic nitrogens is 3. The fourth-order valence-electron chi connectivity index (χ4n) is 2.85. The Morgan fingerprint density at radius 2 is 2.00 bits per heavy atom. The van der Waals surface area contributed by atoms with Gasteiger partial charge in [-0.2, -0.15) is 5.10 Å². The van der Waals surface area contributed by atoms with Crippen molar-refractivity contribution in [2.45, 2.75) is 26.9 Å². The molecule has 1 heterocycles. The third-order valence-corrected chi connectivity index (χ3v) is 4.67. The molecule has 0 spiro atoms. The van der Waals surface area contributed by atoms with Crippen LogP contribution < -0.4 is 0 Å². The maximum atomic E-state index is 13.4. The van der Waals surface area contributed by atoms with Crippen LogP contribution in [0.3, 0.4) is 0 Å². The van der Waals surface area contributed by atoms with E-state index in [4.69, 9.17) is 12.2 Å². The van der Waals surface area contributed by atoms with Crippen LogP contribution in [-0.4, -0.2) is 32.1 Å². The lowest BCUT2D eigenvalue weighted by molar-refractivity contribution is -0.132. The number of halogens is 1. The van der Waals surface area contributed by atoms with Gasteiger partial charge in [0.25, 0.3) is 0 Å². The van der Waals surface area contributed by atoms with Crippen LogP contribution in [0.2, 0.25) is 0 Å². The van der Waals surface area contributed by atoms with Gasteiger partial charge >= 0.3 is 0 Å². The second-order valence-electron chi connectivity index (χ2n) is 6.34. The van der Waals surface area contributed by atoms with E-state index in [1.165, 1.54) is 12.1 Å². The van der Waals surface area contributed by atoms with Crippen molar-refractivity contribution in [1.29, 1.82) is 0 Å². The summed E-state index contributed by atoms with van der Waals surface area (Å²) in [6.45, 7) is 4.84. The average molecular weight is 384 g/mol. The van der Waals surface area contributed by atoms with Crippen molar-refractivity contribution in [3.63, 3.8) is 0 Å². The highest BCUT2D eigenvalue weighted by atomic mass is 32.1. The van der Waals surface area contributed by atoms with Gasteiger partial charge < -0.3 is 4.90 Å². The molecular formula is C20H21FN4OS. The third-order valence-electron chi connectivity index (χ3n) is 4.36. The average Bonchev–Trinajstić information content (AvgIpc) is 3.01. The van der Waals surface area contributed by atoms with Gasteiger partial charge in [-0.05, 0) is 43.8 Å². The van der Waals surface area contributed by atoms with E-state index in [1.807, 2.05) is 38.1 Å². The highest BCUT2D eigenvalue weighted by Crippen LogP contribution is 2.18. The van der Waals surface area contributed by atoms with Gasteiger partial charge in [-0.1, -0.05) is 42.0 Å². The molecule has 140 valence electrons. The Hall–Kier alpha value is -2.80. The van der Waals surface area contributed by atoms with Gasteiger partial charge in [0.05, 0.1) is 0 Å². The number of carbonyl (C=O) groups is 1. The molecule has 0 saturated heterocycles. The van der Waals surface area contributed by atoms with E-state index in [0.29, 0.717) is 23.7 Å². The molecule has 7 heteroatoms. The summed E-state index contributed by atoms with van der Waals surface area (Å²) in [5.74, 6) is 0.206. The van der Waals surface area contributed by atoms with E-state index in [9.17, 15) is 9.18 Å². The quantitative estimate of drug-likeness (QED) is 0.651. The van der Waals surface area contributed by atoms with Gasteiger partial charge in [-0.3, -0.25) is 14.5 Å². The Morgan fingerprint density at radius 1 is 1.26 bits per heavy atom. The molecule has 3 aromatic rings. The Morgan fingerprint density at radius 3 is 2.67 bits per heavy atom. The molecule has 0 saturated carbocycles. The van der Waals surface area contributed by atoms with Crippen LogP contribution in [0.5, 0.6) is 0 Å². The van der Waals surface area contributed by atoms with Crippen molar-refractivity contribution in [3.05, 3.63) is 70.2 Å². The number of hydrogen-bond donors (Lipinski definition) is 1. The van der Waals surface area contributed by atoms with Gasteiger partial charge in [-0.25, -0.2) is 4.39 Å². The summed E-state index contributed by atoms with van der Waals surface area (Å²) in [4.78, 5) is 14.5. The maximum absolute atomic E-state index is 13.4. The Kier molecular flexibility index (Phi) is 5.81. The first-order valence-corrected chi connectivity index (χ1v) is 9.13. The molecule has 2 aromatic carbocycles. The summed E-state index contributed by atoms with van der Waals surface area (Å²) in [6, 6.07) is 14.2. The van der Waals surface area contributed by atoms with Crippen LogP contribution in [0.4, 0.5) is 4.39 Å². The lowest BCUT2D eigenvalue weighted by atomic mass is 10.1. The van der Waals surface area contributed by atoms with E-state index in [0.717, 1.165) is 16.7 Å². The van der Waals surface area contributed by atoms with Crippen molar-refractivity contribution >= 4 is 18.1 Å². The summed E-state index contributed by atoms with van der Waals surface area (Å²) in [5, 5.41) is 7.04. The van der Waals surface area contributed by atoms with Crippen LogP contribution in [0.25, 0.3) is 11.4 Å². The minimum Gasteiger partial charge on any atom is -0.337 e. The third kappa shape index (κ3) is 4.49. The number of aromatic amines is 1. The monoisotopic (exact) mass is 384 g/mol. The maximum Gasteiger partial charge on any atom is 0.242 e. The zero-order valence-corrected chi connectivity index (χ0v) is 16.1. The molecule has 1 amide bonds. The molecule has 5 nitrogen and oxygen atoms in total. The Balaban J connectivity index is 1.81. The summed E-state index contributed by atoms with van der Waals surface area (Å²) in [5.41, 5.74) is 2.77. The molecule has 27 heavy (non-hydrogen) atoms. The zero-order chi connectivity index (χ0) is 19.4. The second kappa shape index (κ2) is 8.26. The largest absolute Gasteiger partial charge is 0.337 e. The summed E-state index contributed by atoms with van der Waals surface area (Å²) < 4.78 is 15.5. The number of likely N-dealkylation sites (N-methyl/N-ethyl adjacent to an activating group) is 1. The summed E-state index contributed by atoms with van der Waals surface area (Å²) in [6.07, 6.45) is 0. The SMILES string of the molecule is CCN(Cc1cccc(F)c1)C(=O)Cn1c(-c2ccc(C)cc2)n[nH]c1=S. The Labute approximate surface area is 162 Å². The number of benzene rings is 2. The van der Waals surface area contributed by atoms with Crippen molar-refractivity contribution in [3.8, 4) is 11.4 Å². The molecule has 0 aliphatic rings. The molecule has 1 aromatic heterocycles. The molecule has 3 rings (SSSR count). The van der Waals surface area contributed by atoms with Crippen LogP contribution in [0, 0.1) is 17.5 Å². The zero-order valence-electron chi connectivity index (χ0n) is 15.3. The normalized spacial score (nSPS) is 10.8. The Bertz CT molecular complexity index is 994. The van der Waals surface area contributed by atoms with E-state index < -0.39 is 0 Å². The second-order valence-corrected chi connectivity index (χ2v) is 6.73. The molecule has 0 bridgehead atoms. The first-order valence-electron chi connectivity index (χ1n) is 8.72. The molecule has 0 aliphatic heterocycles. The van der Waals surface area contributed by atoms with Gasteiger partial charge in [0.1, 0.15) is 12.4 Å². The molecule has 0 radical (unpaired) electrons. The number of hydrogen-bond acceptors (Lipinski definition) is 3. The van der Waals surface area contributed by atoms with Crippen LogP contribution in [0.1, 0.15) is 18.1 Å². The van der Waals surface area contributed by atoms with Gasteiger partial charge in [0.15, 0.2) is 10.6 Å². The van der Waals surface area contributed by atoms with E-state index >= 15 is 0 Å². The van der Waals surface area contributed by atoms with Gasteiger partial charge in [-0.15, -0.1) is 0 Å². The number of nitrogens with zero attached hydrogens (tertiary/aromatic N) is 3. The summed E-state index contributed by atoms with van der Waals surface area (Å²) >= 11 is 5.31. The number of aryl methyl sites for hydroxylation is 1. The van der Waals surface area contributed by atoms with Crippen molar-refractivity contribution in [2.24, 2.45) is 0 Å². The molecule has 0 unspecified atom stereocenters. The van der Waals surface area contributed by atoms with Gasteiger partial charge in [0.2, 0.25) is 5.91 Å². The van der Waals surface area contributed by atoms with E-state index in [2.05, 4.69) is 10.2 Å². The van der Waals surface area contributed by atoms with Crippen LogP contribution in [-0.2, 0) is 17.9 Å². The number of nitrogens with one attached hydrogen (secondary N) is 1. The summed E-state index contributed by atoms with van der Waals surface area (Å²) in [7, 11) is 0. The fraction of sp³-hybridized carbons (Fsp3) is 0.250.